The number of rotatable bonds is 5. The van der Waals surface area contributed by atoms with Crippen molar-refractivity contribution in [1.29, 1.82) is 0 Å². The van der Waals surface area contributed by atoms with Crippen LogP contribution in [0.2, 0.25) is 0 Å². The predicted molar refractivity (Wildman–Crippen MR) is 65.3 cm³/mol. The summed E-state index contributed by atoms with van der Waals surface area (Å²) in [5.74, 6) is -1.82. The second-order valence-corrected chi connectivity index (χ2v) is 3.93. The van der Waals surface area contributed by atoms with Crippen molar-refractivity contribution >= 4 is 17.4 Å². The summed E-state index contributed by atoms with van der Waals surface area (Å²) >= 11 is 0. The number of carbonyl (C=O) groups excluding carboxylic acids is 2. The van der Waals surface area contributed by atoms with E-state index in [0.717, 1.165) is 18.2 Å². The third-order valence-corrected chi connectivity index (χ3v) is 2.58. The number of benzene rings is 1. The summed E-state index contributed by atoms with van der Waals surface area (Å²) in [4.78, 5) is 33.1. The van der Waals surface area contributed by atoms with E-state index < -0.39 is 33.9 Å². The van der Waals surface area contributed by atoms with Gasteiger partial charge in [-0.05, 0) is 19.1 Å². The molecule has 6 nitrogen and oxygen atoms in total. The molecule has 0 aromatic heterocycles. The Balaban J connectivity index is 3.02. The largest absolute Gasteiger partial charge is 0.342 e. The van der Waals surface area contributed by atoms with Crippen molar-refractivity contribution in [3.05, 3.63) is 39.7 Å². The molecule has 1 aromatic carbocycles. The van der Waals surface area contributed by atoms with Gasteiger partial charge in [0.1, 0.15) is 11.4 Å². The van der Waals surface area contributed by atoms with Crippen molar-refractivity contribution in [2.45, 2.75) is 26.3 Å². The van der Waals surface area contributed by atoms with Crippen molar-refractivity contribution < 1.29 is 18.9 Å². The zero-order chi connectivity index (χ0) is 14.6. The van der Waals surface area contributed by atoms with Crippen LogP contribution in [0.3, 0.4) is 0 Å². The number of ketones is 1. The first-order valence-corrected chi connectivity index (χ1v) is 5.64. The van der Waals surface area contributed by atoms with E-state index in [0.29, 0.717) is 0 Å². The number of hydrogen-bond donors (Lipinski definition) is 1. The highest BCUT2D eigenvalue weighted by Crippen LogP contribution is 2.19. The fourth-order valence-electron chi connectivity index (χ4n) is 1.51. The molecule has 0 bridgehead atoms. The Morgan fingerprint density at radius 1 is 1.47 bits per heavy atom. The van der Waals surface area contributed by atoms with E-state index in [4.69, 9.17) is 0 Å². The van der Waals surface area contributed by atoms with E-state index in [1.54, 1.807) is 6.92 Å². The third kappa shape index (κ3) is 3.57. The Labute approximate surface area is 108 Å². The fraction of sp³-hybridized carbons (Fsp3) is 0.333. The highest BCUT2D eigenvalue weighted by Gasteiger charge is 2.23. The van der Waals surface area contributed by atoms with Gasteiger partial charge >= 0.3 is 0 Å². The molecule has 0 spiro atoms. The normalized spacial score (nSPS) is 11.7. The third-order valence-electron chi connectivity index (χ3n) is 2.58. The molecule has 1 aromatic rings. The molecule has 0 saturated carbocycles. The average molecular weight is 268 g/mol. The Bertz CT molecular complexity index is 530. The smallest absolute Gasteiger partial charge is 0.282 e. The molecule has 0 aliphatic heterocycles. The quantitative estimate of drug-likeness (QED) is 0.651. The molecule has 1 N–H and O–H groups in total. The minimum absolute atomic E-state index is 0.215. The summed E-state index contributed by atoms with van der Waals surface area (Å²) in [5.41, 5.74) is -0.907. The Morgan fingerprint density at radius 3 is 2.63 bits per heavy atom. The zero-order valence-corrected chi connectivity index (χ0v) is 10.5. The highest BCUT2D eigenvalue weighted by molar-refractivity contribution is 6.00. The second kappa shape index (κ2) is 6.03. The number of nitrogens with one attached hydrogen (secondary N) is 1. The monoisotopic (exact) mass is 268 g/mol. The number of nitro benzene ring substituents is 1. The van der Waals surface area contributed by atoms with Crippen molar-refractivity contribution in [3.63, 3.8) is 0 Å². The van der Waals surface area contributed by atoms with Gasteiger partial charge in [0.05, 0.1) is 11.0 Å². The number of nitro groups is 1. The Morgan fingerprint density at radius 2 is 2.11 bits per heavy atom. The van der Waals surface area contributed by atoms with Gasteiger partial charge in [0.2, 0.25) is 0 Å². The molecule has 1 atom stereocenters. The lowest BCUT2D eigenvalue weighted by molar-refractivity contribution is -0.385. The molecule has 1 amide bonds. The Hall–Kier alpha value is -2.31. The van der Waals surface area contributed by atoms with Crippen LogP contribution in [-0.4, -0.2) is 22.7 Å². The molecule has 1 unspecified atom stereocenters. The van der Waals surface area contributed by atoms with Crippen LogP contribution in [0.5, 0.6) is 0 Å². The molecule has 0 aliphatic rings. The molecular formula is C12H13FN2O4. The maximum absolute atomic E-state index is 13.1. The van der Waals surface area contributed by atoms with Crippen LogP contribution in [0.4, 0.5) is 10.1 Å². The van der Waals surface area contributed by atoms with Gasteiger partial charge in [-0.3, -0.25) is 19.7 Å². The summed E-state index contributed by atoms with van der Waals surface area (Å²) in [6.45, 7) is 3.10. The lowest BCUT2D eigenvalue weighted by Gasteiger charge is -2.11. The van der Waals surface area contributed by atoms with Crippen molar-refractivity contribution in [1.82, 2.24) is 5.32 Å². The summed E-state index contributed by atoms with van der Waals surface area (Å²) in [5, 5.41) is 13.1. The number of nitrogens with zero attached hydrogens (tertiary/aromatic N) is 1. The standard InChI is InChI=1S/C12H13FN2O4/c1-3-11(16)7(2)14-12(17)9-6-8(13)4-5-10(9)15(18)19/h4-7H,3H2,1-2H3,(H,14,17). The number of halogens is 1. The van der Waals surface area contributed by atoms with Crippen LogP contribution >= 0.6 is 0 Å². The molecule has 0 saturated heterocycles. The molecule has 0 radical (unpaired) electrons. The van der Waals surface area contributed by atoms with E-state index in [2.05, 4.69) is 5.32 Å². The maximum Gasteiger partial charge on any atom is 0.282 e. The maximum atomic E-state index is 13.1. The molecule has 0 fully saturated rings. The number of hydrogen-bond acceptors (Lipinski definition) is 4. The van der Waals surface area contributed by atoms with Crippen molar-refractivity contribution in [3.8, 4) is 0 Å². The first kappa shape index (κ1) is 14.7. The summed E-state index contributed by atoms with van der Waals surface area (Å²) in [6, 6.07) is 1.81. The molecule has 7 heteroatoms. The van der Waals surface area contributed by atoms with Crippen LogP contribution in [-0.2, 0) is 4.79 Å². The highest BCUT2D eigenvalue weighted by atomic mass is 19.1. The fourth-order valence-corrected chi connectivity index (χ4v) is 1.51. The van der Waals surface area contributed by atoms with Gasteiger partial charge in [-0.1, -0.05) is 6.92 Å². The topological polar surface area (TPSA) is 89.3 Å². The lowest BCUT2D eigenvalue weighted by atomic mass is 10.1. The van der Waals surface area contributed by atoms with Gasteiger partial charge in [-0.2, -0.15) is 0 Å². The number of amides is 1. The van der Waals surface area contributed by atoms with Crippen molar-refractivity contribution in [2.75, 3.05) is 0 Å². The number of carbonyl (C=O) groups is 2. The molecule has 102 valence electrons. The predicted octanol–water partition coefficient (Wildman–Crippen LogP) is 1.83. The lowest BCUT2D eigenvalue weighted by Crippen LogP contribution is -2.38. The van der Waals surface area contributed by atoms with Crippen LogP contribution in [0.1, 0.15) is 30.6 Å². The zero-order valence-electron chi connectivity index (χ0n) is 10.5. The first-order chi connectivity index (χ1) is 8.86. The van der Waals surface area contributed by atoms with Gasteiger partial charge < -0.3 is 5.32 Å². The van der Waals surface area contributed by atoms with E-state index >= 15 is 0 Å². The molecule has 0 heterocycles. The van der Waals surface area contributed by atoms with Crippen molar-refractivity contribution in [2.24, 2.45) is 0 Å². The minimum atomic E-state index is -0.847. The van der Waals surface area contributed by atoms with Crippen LogP contribution < -0.4 is 5.32 Å². The molecule has 19 heavy (non-hydrogen) atoms. The van der Waals surface area contributed by atoms with Gasteiger partial charge in [0, 0.05) is 12.5 Å². The second-order valence-electron chi connectivity index (χ2n) is 3.93. The van der Waals surface area contributed by atoms with E-state index in [-0.39, 0.29) is 12.2 Å². The minimum Gasteiger partial charge on any atom is -0.342 e. The summed E-state index contributed by atoms with van der Waals surface area (Å²) in [7, 11) is 0. The van der Waals surface area contributed by atoms with Gasteiger partial charge in [0.25, 0.3) is 11.6 Å². The molecular weight excluding hydrogens is 255 g/mol. The average Bonchev–Trinajstić information content (AvgIpc) is 2.36. The van der Waals surface area contributed by atoms with E-state index in [1.807, 2.05) is 0 Å². The van der Waals surface area contributed by atoms with Crippen LogP contribution in [0, 0.1) is 15.9 Å². The summed E-state index contributed by atoms with van der Waals surface area (Å²) in [6.07, 6.45) is 0.229. The summed E-state index contributed by atoms with van der Waals surface area (Å²) < 4.78 is 13.1. The van der Waals surface area contributed by atoms with E-state index in [9.17, 15) is 24.1 Å². The number of Topliss-reactive ketones (excluding diaryl/α,β-unsaturated/α-hetero) is 1. The van der Waals surface area contributed by atoms with Gasteiger partial charge in [0.15, 0.2) is 5.78 Å². The van der Waals surface area contributed by atoms with Gasteiger partial charge in [-0.25, -0.2) is 4.39 Å². The van der Waals surface area contributed by atoms with Crippen LogP contribution in [0.15, 0.2) is 18.2 Å². The Kier molecular flexibility index (Phi) is 4.68. The molecule has 0 aliphatic carbocycles. The molecule has 1 rings (SSSR count). The first-order valence-electron chi connectivity index (χ1n) is 5.64. The van der Waals surface area contributed by atoms with Crippen LogP contribution in [0.25, 0.3) is 0 Å². The van der Waals surface area contributed by atoms with E-state index in [1.165, 1.54) is 6.92 Å². The van der Waals surface area contributed by atoms with Gasteiger partial charge in [-0.15, -0.1) is 0 Å². The SMILES string of the molecule is CCC(=O)C(C)NC(=O)c1cc(F)ccc1[N+](=O)[O-].